The first-order valence-corrected chi connectivity index (χ1v) is 9.39. The van der Waals surface area contributed by atoms with Crippen LogP contribution in [0.4, 0.5) is 0 Å². The van der Waals surface area contributed by atoms with E-state index in [1.807, 2.05) is 24.6 Å². The van der Waals surface area contributed by atoms with Crippen LogP contribution >= 0.6 is 0 Å². The molecule has 1 saturated heterocycles. The lowest BCUT2D eigenvalue weighted by Gasteiger charge is -2.37. The van der Waals surface area contributed by atoms with Gasteiger partial charge in [0.05, 0.1) is 22.0 Å². The van der Waals surface area contributed by atoms with Gasteiger partial charge in [0.1, 0.15) is 5.82 Å². The van der Waals surface area contributed by atoms with Gasteiger partial charge in [-0.3, -0.25) is 4.79 Å². The molecule has 1 amide bonds. The van der Waals surface area contributed by atoms with E-state index < -0.39 is 15.1 Å². The number of amides is 1. The minimum Gasteiger partial charge on any atom is -0.334 e. The van der Waals surface area contributed by atoms with Crippen molar-refractivity contribution in [2.75, 3.05) is 12.3 Å². The van der Waals surface area contributed by atoms with Crippen LogP contribution in [0.2, 0.25) is 0 Å². The van der Waals surface area contributed by atoms with Crippen molar-refractivity contribution in [1.29, 1.82) is 0 Å². The number of hydrogen-bond donors (Lipinski definition) is 0. The molecule has 0 unspecified atom stereocenters. The molecule has 1 aromatic carbocycles. The summed E-state index contributed by atoms with van der Waals surface area (Å²) in [4.78, 5) is 18.9. The largest absolute Gasteiger partial charge is 0.334 e. The van der Waals surface area contributed by atoms with Crippen molar-refractivity contribution in [3.8, 4) is 0 Å². The van der Waals surface area contributed by atoms with Gasteiger partial charge in [0.15, 0.2) is 9.84 Å². The summed E-state index contributed by atoms with van der Waals surface area (Å²) in [7, 11) is -1.17. The number of benzene rings is 1. The van der Waals surface area contributed by atoms with Crippen LogP contribution in [0.25, 0.3) is 11.0 Å². The zero-order chi connectivity index (χ0) is 16.9. The number of rotatable bonds is 1. The second-order valence-corrected chi connectivity index (χ2v) is 8.71. The fourth-order valence-corrected chi connectivity index (χ4v) is 4.64. The predicted octanol–water partition coefficient (Wildman–Crippen LogP) is 1.53. The van der Waals surface area contributed by atoms with Crippen LogP contribution in [0.15, 0.2) is 18.2 Å². The Morgan fingerprint density at radius 2 is 2.00 bits per heavy atom. The van der Waals surface area contributed by atoms with E-state index in [1.165, 1.54) is 0 Å². The van der Waals surface area contributed by atoms with Crippen LogP contribution in [-0.4, -0.2) is 52.4 Å². The molecule has 0 bridgehead atoms. The fraction of sp³-hybridized carbons (Fsp3) is 0.500. The smallest absolute Gasteiger partial charge is 0.254 e. The van der Waals surface area contributed by atoms with Crippen molar-refractivity contribution in [1.82, 2.24) is 14.5 Å². The molecule has 0 spiro atoms. The molecule has 3 rings (SSSR count). The van der Waals surface area contributed by atoms with Crippen molar-refractivity contribution in [3.63, 3.8) is 0 Å². The number of hydrogen-bond acceptors (Lipinski definition) is 4. The standard InChI is InChI=1S/C16H21N3O3S/c1-10-11(2)23(21,22)8-7-19(10)16(20)13-5-6-15-14(9-13)17-12(3)18(15)4/h5-6,9-11H,7-8H2,1-4H3/t10-,11+/m1/s1. The highest BCUT2D eigenvalue weighted by atomic mass is 32.2. The lowest BCUT2D eigenvalue weighted by Crippen LogP contribution is -2.54. The number of carbonyl (C=O) groups is 1. The molecule has 2 heterocycles. The Kier molecular flexibility index (Phi) is 3.71. The highest BCUT2D eigenvalue weighted by molar-refractivity contribution is 7.92. The zero-order valence-electron chi connectivity index (χ0n) is 13.8. The number of aromatic nitrogens is 2. The first-order valence-electron chi connectivity index (χ1n) is 7.68. The molecule has 0 radical (unpaired) electrons. The van der Waals surface area contributed by atoms with Crippen molar-refractivity contribution in [3.05, 3.63) is 29.6 Å². The van der Waals surface area contributed by atoms with Gasteiger partial charge >= 0.3 is 0 Å². The summed E-state index contributed by atoms with van der Waals surface area (Å²) >= 11 is 0. The fourth-order valence-electron chi connectivity index (χ4n) is 3.07. The Balaban J connectivity index is 1.94. The molecule has 0 N–H and O–H groups in total. The van der Waals surface area contributed by atoms with Gasteiger partial charge < -0.3 is 9.47 Å². The Hall–Kier alpha value is -1.89. The molecule has 1 aliphatic heterocycles. The number of imidazole rings is 1. The van der Waals surface area contributed by atoms with E-state index >= 15 is 0 Å². The van der Waals surface area contributed by atoms with E-state index in [1.54, 1.807) is 30.9 Å². The van der Waals surface area contributed by atoms with Crippen LogP contribution in [0, 0.1) is 6.92 Å². The number of nitrogens with zero attached hydrogens (tertiary/aromatic N) is 3. The van der Waals surface area contributed by atoms with E-state index in [-0.39, 0.29) is 24.2 Å². The molecule has 7 heteroatoms. The van der Waals surface area contributed by atoms with E-state index in [0.29, 0.717) is 5.56 Å². The van der Waals surface area contributed by atoms with Gasteiger partial charge in [0, 0.05) is 25.2 Å². The van der Waals surface area contributed by atoms with E-state index in [4.69, 9.17) is 0 Å². The summed E-state index contributed by atoms with van der Waals surface area (Å²) in [6.07, 6.45) is 0. The van der Waals surface area contributed by atoms with Gasteiger partial charge in [0.25, 0.3) is 5.91 Å². The second-order valence-electron chi connectivity index (χ2n) is 6.23. The zero-order valence-corrected chi connectivity index (χ0v) is 14.6. The molecule has 124 valence electrons. The molecule has 6 nitrogen and oxygen atoms in total. The molecule has 2 atom stereocenters. The lowest BCUT2D eigenvalue weighted by atomic mass is 10.1. The number of aryl methyl sites for hydroxylation is 2. The maximum absolute atomic E-state index is 12.8. The highest BCUT2D eigenvalue weighted by Crippen LogP contribution is 2.23. The van der Waals surface area contributed by atoms with Crippen LogP contribution in [-0.2, 0) is 16.9 Å². The minimum atomic E-state index is -3.11. The number of sulfone groups is 1. The van der Waals surface area contributed by atoms with Gasteiger partial charge in [-0.25, -0.2) is 13.4 Å². The maximum Gasteiger partial charge on any atom is 0.254 e. The minimum absolute atomic E-state index is 0.0230. The van der Waals surface area contributed by atoms with Crippen molar-refractivity contribution >= 4 is 26.8 Å². The third-order valence-electron chi connectivity index (χ3n) is 4.97. The predicted molar refractivity (Wildman–Crippen MR) is 89.2 cm³/mol. The first-order chi connectivity index (χ1) is 10.7. The second kappa shape index (κ2) is 5.33. The molecule has 1 aromatic heterocycles. The third kappa shape index (κ3) is 2.52. The van der Waals surface area contributed by atoms with Gasteiger partial charge in [-0.15, -0.1) is 0 Å². The quantitative estimate of drug-likeness (QED) is 0.792. The van der Waals surface area contributed by atoms with Gasteiger partial charge in [0.2, 0.25) is 0 Å². The molecule has 0 saturated carbocycles. The van der Waals surface area contributed by atoms with Crippen LogP contribution in [0.1, 0.15) is 30.0 Å². The summed E-state index contributed by atoms with van der Waals surface area (Å²) < 4.78 is 25.9. The molecule has 2 aromatic rings. The molecule has 23 heavy (non-hydrogen) atoms. The Labute approximate surface area is 136 Å². The summed E-state index contributed by atoms with van der Waals surface area (Å²) in [5.41, 5.74) is 2.30. The van der Waals surface area contributed by atoms with Gasteiger partial charge in [-0.2, -0.15) is 0 Å². The average Bonchev–Trinajstić information content (AvgIpc) is 2.79. The SMILES string of the molecule is Cc1nc2cc(C(=O)N3CCS(=O)(=O)[C@@H](C)[C@H]3C)ccc2n1C. The van der Waals surface area contributed by atoms with E-state index in [2.05, 4.69) is 4.98 Å². The first kappa shape index (κ1) is 16.0. The van der Waals surface area contributed by atoms with Gasteiger partial charge in [-0.05, 0) is 39.0 Å². The summed E-state index contributed by atoms with van der Waals surface area (Å²) in [6, 6.07) is 5.12. The summed E-state index contributed by atoms with van der Waals surface area (Å²) in [5.74, 6) is 0.773. The normalized spacial score (nSPS) is 24.1. The van der Waals surface area contributed by atoms with Crippen molar-refractivity contribution in [2.45, 2.75) is 32.1 Å². The van der Waals surface area contributed by atoms with Crippen LogP contribution in [0.5, 0.6) is 0 Å². The molecular formula is C16H21N3O3S. The third-order valence-corrected chi connectivity index (χ3v) is 7.24. The Bertz CT molecular complexity index is 885. The topological polar surface area (TPSA) is 72.3 Å². The van der Waals surface area contributed by atoms with Crippen LogP contribution < -0.4 is 0 Å². The Morgan fingerprint density at radius 3 is 2.70 bits per heavy atom. The van der Waals surface area contributed by atoms with Crippen molar-refractivity contribution < 1.29 is 13.2 Å². The summed E-state index contributed by atoms with van der Waals surface area (Å²) in [5, 5.41) is -0.541. The molecule has 1 fully saturated rings. The van der Waals surface area contributed by atoms with Crippen molar-refractivity contribution in [2.24, 2.45) is 7.05 Å². The Morgan fingerprint density at radius 1 is 1.30 bits per heavy atom. The van der Waals surface area contributed by atoms with E-state index in [9.17, 15) is 13.2 Å². The number of fused-ring (bicyclic) bond motifs is 1. The molecule has 1 aliphatic rings. The van der Waals surface area contributed by atoms with Gasteiger partial charge in [-0.1, -0.05) is 0 Å². The maximum atomic E-state index is 12.8. The summed E-state index contributed by atoms with van der Waals surface area (Å²) in [6.45, 7) is 5.63. The van der Waals surface area contributed by atoms with E-state index in [0.717, 1.165) is 16.9 Å². The molecule has 0 aliphatic carbocycles. The van der Waals surface area contributed by atoms with Crippen LogP contribution in [0.3, 0.4) is 0 Å². The monoisotopic (exact) mass is 335 g/mol. The number of carbonyl (C=O) groups excluding carboxylic acids is 1. The lowest BCUT2D eigenvalue weighted by molar-refractivity contribution is 0.0693. The highest BCUT2D eigenvalue weighted by Gasteiger charge is 2.38. The molecular weight excluding hydrogens is 314 g/mol. The average molecular weight is 335 g/mol.